The first-order valence-corrected chi connectivity index (χ1v) is 12.8. The van der Waals surface area contributed by atoms with E-state index in [1.807, 2.05) is 40.1 Å². The van der Waals surface area contributed by atoms with Crippen LogP contribution in [-0.4, -0.2) is 63.5 Å². The highest BCUT2D eigenvalue weighted by atomic mass is 32.3. The van der Waals surface area contributed by atoms with E-state index in [4.69, 9.17) is 4.74 Å². The number of nitrogens with one attached hydrogen (secondary N) is 1. The van der Waals surface area contributed by atoms with E-state index in [1.165, 1.54) is 0 Å². The summed E-state index contributed by atoms with van der Waals surface area (Å²) in [4.78, 5) is 4.58. The van der Waals surface area contributed by atoms with Gasteiger partial charge in [0.15, 0.2) is 0 Å². The third-order valence-corrected chi connectivity index (χ3v) is 6.82. The summed E-state index contributed by atoms with van der Waals surface area (Å²) in [6.07, 6.45) is 15.2. The summed E-state index contributed by atoms with van der Waals surface area (Å²) >= 11 is 0. The van der Waals surface area contributed by atoms with Gasteiger partial charge >= 0.3 is 0 Å². The molecule has 0 aliphatic carbocycles. The molecule has 154 valence electrons. The van der Waals surface area contributed by atoms with Crippen LogP contribution in [0.15, 0.2) is 36.9 Å². The first-order chi connectivity index (χ1) is 13.9. The predicted octanol–water partition coefficient (Wildman–Crippen LogP) is 2.78. The minimum Gasteiger partial charge on any atom is -0.360 e. The molecule has 3 aromatic heterocycles. The summed E-state index contributed by atoms with van der Waals surface area (Å²) in [5.74, 6) is 1.10. The molecule has 4 rings (SSSR count). The van der Waals surface area contributed by atoms with E-state index in [2.05, 4.69) is 46.3 Å². The zero-order valence-corrected chi connectivity index (χ0v) is 18.1. The largest absolute Gasteiger partial charge is 0.360 e. The molecule has 0 aromatic carbocycles. The van der Waals surface area contributed by atoms with Gasteiger partial charge in [-0.15, -0.1) is 0 Å². The van der Waals surface area contributed by atoms with Gasteiger partial charge in [-0.3, -0.25) is 4.68 Å². The molecule has 0 saturated carbocycles. The molecule has 7 nitrogen and oxygen atoms in total. The van der Waals surface area contributed by atoms with Gasteiger partial charge in [0.1, 0.15) is 17.9 Å². The van der Waals surface area contributed by atoms with Crippen LogP contribution in [0.5, 0.6) is 0 Å². The second-order valence-electron chi connectivity index (χ2n) is 8.55. The minimum atomic E-state index is -0.546. The van der Waals surface area contributed by atoms with Crippen molar-refractivity contribution < 1.29 is 4.74 Å². The number of fused-ring (bicyclic) bond motifs is 1. The molecule has 29 heavy (non-hydrogen) atoms. The molecular formula is C21H28N6OS. The Morgan fingerprint density at radius 3 is 2.83 bits per heavy atom. The lowest BCUT2D eigenvalue weighted by molar-refractivity contribution is 0.0924. The second kappa shape index (κ2) is 7.82. The van der Waals surface area contributed by atoms with E-state index in [9.17, 15) is 5.26 Å². The van der Waals surface area contributed by atoms with Crippen molar-refractivity contribution in [2.75, 3.05) is 44.2 Å². The maximum atomic E-state index is 9.19. The average molecular weight is 413 g/mol. The number of rotatable bonds is 8. The summed E-state index contributed by atoms with van der Waals surface area (Å²) < 4.78 is 9.89. The van der Waals surface area contributed by atoms with Crippen molar-refractivity contribution in [3.8, 4) is 17.2 Å². The van der Waals surface area contributed by atoms with Crippen LogP contribution in [0.2, 0.25) is 0 Å². The number of pyridine rings is 1. The SMILES string of the molecule is CS(C)(C)CCOCn1ccc2c(-c3cnn(C4(CC#N)CNC4)c3)ccnc21. The van der Waals surface area contributed by atoms with Crippen LogP contribution in [0, 0.1) is 11.3 Å². The van der Waals surface area contributed by atoms with E-state index in [0.29, 0.717) is 13.2 Å². The number of hydrogen-bond donors (Lipinski definition) is 1. The van der Waals surface area contributed by atoms with E-state index in [1.54, 1.807) is 0 Å². The molecule has 4 heterocycles. The maximum absolute atomic E-state index is 9.19. The third kappa shape index (κ3) is 4.04. The third-order valence-electron chi connectivity index (χ3n) is 5.43. The molecule has 1 aliphatic rings. The highest BCUT2D eigenvalue weighted by Crippen LogP contribution is 2.34. The fourth-order valence-corrected chi connectivity index (χ4v) is 4.19. The summed E-state index contributed by atoms with van der Waals surface area (Å²) in [5.41, 5.74) is 2.82. The molecule has 1 fully saturated rings. The number of aromatic nitrogens is 4. The summed E-state index contributed by atoms with van der Waals surface area (Å²) in [5, 5.41) is 18.1. The zero-order chi connectivity index (χ0) is 20.5. The fourth-order valence-electron chi connectivity index (χ4n) is 3.57. The second-order valence-corrected chi connectivity index (χ2v) is 13.1. The van der Waals surface area contributed by atoms with Gasteiger partial charge in [0.05, 0.1) is 25.3 Å². The lowest BCUT2D eigenvalue weighted by Crippen LogP contribution is -2.60. The van der Waals surface area contributed by atoms with Crippen LogP contribution in [0.1, 0.15) is 6.42 Å². The summed E-state index contributed by atoms with van der Waals surface area (Å²) in [6.45, 7) is 2.82. The molecule has 0 atom stereocenters. The molecule has 0 radical (unpaired) electrons. The van der Waals surface area contributed by atoms with Crippen molar-refractivity contribution >= 4 is 21.1 Å². The van der Waals surface area contributed by atoms with Crippen LogP contribution in [0.25, 0.3) is 22.2 Å². The standard InChI is InChI=1S/C21H28N6OS/c1-29(2,3)11-10-28-16-26-9-5-19-18(4-8-24-20(19)26)17-12-25-27(13-17)21(6-7-22)14-23-15-21/h4-5,8-9,12-13,23H,6,10-11,14-16H2,1-3H3. The Bertz CT molecular complexity index is 1040. The Labute approximate surface area is 173 Å². The minimum absolute atomic E-state index is 0.228. The van der Waals surface area contributed by atoms with Crippen molar-refractivity contribution in [2.45, 2.75) is 18.7 Å². The molecule has 0 amide bonds. The van der Waals surface area contributed by atoms with Crippen molar-refractivity contribution in [2.24, 2.45) is 0 Å². The van der Waals surface area contributed by atoms with Gasteiger partial charge in [-0.2, -0.15) is 10.4 Å². The van der Waals surface area contributed by atoms with Crippen molar-refractivity contribution in [3.05, 3.63) is 36.9 Å². The van der Waals surface area contributed by atoms with Gasteiger partial charge in [-0.25, -0.2) is 15.0 Å². The van der Waals surface area contributed by atoms with E-state index in [0.717, 1.165) is 47.6 Å². The van der Waals surface area contributed by atoms with Gasteiger partial charge in [0.2, 0.25) is 0 Å². The van der Waals surface area contributed by atoms with Crippen molar-refractivity contribution in [1.29, 1.82) is 5.26 Å². The van der Waals surface area contributed by atoms with E-state index in [-0.39, 0.29) is 5.54 Å². The Hall–Kier alpha value is -2.34. The Morgan fingerprint density at radius 1 is 1.31 bits per heavy atom. The number of nitrogens with zero attached hydrogens (tertiary/aromatic N) is 5. The smallest absolute Gasteiger partial charge is 0.142 e. The summed E-state index contributed by atoms with van der Waals surface area (Å²) in [6, 6.07) is 6.41. The average Bonchev–Trinajstić information content (AvgIpc) is 3.28. The molecule has 1 aliphatic heterocycles. The predicted molar refractivity (Wildman–Crippen MR) is 118 cm³/mol. The Morgan fingerprint density at radius 2 is 2.14 bits per heavy atom. The fraction of sp³-hybridized carbons (Fsp3) is 0.476. The molecule has 0 spiro atoms. The first-order valence-electron chi connectivity index (χ1n) is 9.73. The van der Waals surface area contributed by atoms with E-state index < -0.39 is 10.0 Å². The number of ether oxygens (including phenoxy) is 1. The maximum Gasteiger partial charge on any atom is 0.142 e. The Balaban J connectivity index is 1.55. The highest BCUT2D eigenvalue weighted by molar-refractivity contribution is 8.32. The van der Waals surface area contributed by atoms with Crippen LogP contribution in [0.3, 0.4) is 0 Å². The van der Waals surface area contributed by atoms with E-state index >= 15 is 0 Å². The molecule has 3 aromatic rings. The lowest BCUT2D eigenvalue weighted by Gasteiger charge is -2.41. The summed E-state index contributed by atoms with van der Waals surface area (Å²) in [7, 11) is -0.546. The molecule has 0 unspecified atom stereocenters. The monoisotopic (exact) mass is 412 g/mol. The lowest BCUT2D eigenvalue weighted by atomic mass is 9.89. The van der Waals surface area contributed by atoms with Crippen LogP contribution in [0.4, 0.5) is 0 Å². The molecule has 8 heteroatoms. The highest BCUT2D eigenvalue weighted by Gasteiger charge is 2.39. The van der Waals surface area contributed by atoms with Gasteiger partial charge in [0, 0.05) is 48.4 Å². The van der Waals surface area contributed by atoms with Gasteiger partial charge < -0.3 is 14.6 Å². The van der Waals surface area contributed by atoms with Crippen molar-refractivity contribution in [1.82, 2.24) is 24.6 Å². The Kier molecular flexibility index (Phi) is 5.38. The van der Waals surface area contributed by atoms with Crippen LogP contribution < -0.4 is 5.32 Å². The normalized spacial score (nSPS) is 16.5. The van der Waals surface area contributed by atoms with Gasteiger partial charge in [-0.05, 0) is 36.5 Å². The quantitative estimate of drug-likeness (QED) is 0.576. The van der Waals surface area contributed by atoms with Gasteiger partial charge in [-0.1, -0.05) is 0 Å². The molecular weight excluding hydrogens is 384 g/mol. The zero-order valence-electron chi connectivity index (χ0n) is 17.3. The number of hydrogen-bond acceptors (Lipinski definition) is 5. The molecule has 0 bridgehead atoms. The van der Waals surface area contributed by atoms with Crippen LogP contribution >= 0.6 is 10.0 Å². The molecule has 1 N–H and O–H groups in total. The van der Waals surface area contributed by atoms with Crippen LogP contribution in [-0.2, 0) is 17.0 Å². The number of nitriles is 1. The molecule has 1 saturated heterocycles. The van der Waals surface area contributed by atoms with Gasteiger partial charge in [0.25, 0.3) is 0 Å². The van der Waals surface area contributed by atoms with Crippen molar-refractivity contribution in [3.63, 3.8) is 0 Å². The first kappa shape index (κ1) is 20.0. The topological polar surface area (TPSA) is 80.7 Å².